The summed E-state index contributed by atoms with van der Waals surface area (Å²) in [6, 6.07) is -3.78. The number of hydrogen-bond acceptors (Lipinski definition) is 6. The Morgan fingerprint density at radius 3 is 2.29 bits per heavy atom. The second-order valence-electron chi connectivity index (χ2n) is 8.53. The molecule has 2 saturated heterocycles. The molecule has 0 unspecified atom stereocenters. The maximum Gasteiger partial charge on any atom is 0.326 e. The van der Waals surface area contributed by atoms with Gasteiger partial charge in [-0.05, 0) is 44.6 Å². The molecule has 2 fully saturated rings. The standard InChI is InChI=1S/C20H32N4O7/c1-11(2)9-14(19(29)24-8-4-6-15(24)20(30)31)23-18(28)13(10-16(25)26)22-17(27)12-5-3-7-21-12/h11-15,21H,3-10H2,1-2H3,(H,22,27)(H,23,28)(H,25,26)(H,30,31)/t12-,13-,14-,15-/m0/s1. The van der Waals surface area contributed by atoms with Gasteiger partial charge in [-0.1, -0.05) is 13.8 Å². The smallest absolute Gasteiger partial charge is 0.326 e. The van der Waals surface area contributed by atoms with Gasteiger partial charge < -0.3 is 31.1 Å². The fourth-order valence-electron chi connectivity index (χ4n) is 4.02. The van der Waals surface area contributed by atoms with Gasteiger partial charge in [0, 0.05) is 6.54 Å². The number of nitrogens with zero attached hydrogens (tertiary/aromatic N) is 1. The number of amides is 3. The number of rotatable bonds is 10. The SMILES string of the molecule is CC(C)C[C@H](NC(=O)[C@H](CC(=O)O)NC(=O)[C@@H]1CCCN1)C(=O)N1CCC[C@H]1C(=O)O. The zero-order valence-corrected chi connectivity index (χ0v) is 17.9. The van der Waals surface area contributed by atoms with Crippen molar-refractivity contribution in [2.45, 2.75) is 76.5 Å². The molecule has 11 heteroatoms. The number of nitrogens with one attached hydrogen (secondary N) is 3. The van der Waals surface area contributed by atoms with Crippen LogP contribution in [0.1, 0.15) is 52.4 Å². The van der Waals surface area contributed by atoms with Crippen LogP contribution in [0.2, 0.25) is 0 Å². The number of carboxylic acids is 2. The maximum atomic E-state index is 13.0. The van der Waals surface area contributed by atoms with Crippen LogP contribution in [0.3, 0.4) is 0 Å². The van der Waals surface area contributed by atoms with Crippen LogP contribution >= 0.6 is 0 Å². The molecule has 0 bridgehead atoms. The highest BCUT2D eigenvalue weighted by Gasteiger charge is 2.39. The Labute approximate surface area is 180 Å². The number of aliphatic carboxylic acids is 2. The number of likely N-dealkylation sites (tertiary alicyclic amines) is 1. The lowest BCUT2D eigenvalue weighted by molar-refractivity contribution is -0.150. The Morgan fingerprint density at radius 2 is 1.74 bits per heavy atom. The van der Waals surface area contributed by atoms with Gasteiger partial charge in [-0.3, -0.25) is 19.2 Å². The zero-order chi connectivity index (χ0) is 23.1. The number of carbonyl (C=O) groups is 5. The van der Waals surface area contributed by atoms with Crippen molar-refractivity contribution in [3.63, 3.8) is 0 Å². The van der Waals surface area contributed by atoms with Crippen molar-refractivity contribution in [2.75, 3.05) is 13.1 Å². The van der Waals surface area contributed by atoms with E-state index in [1.807, 2.05) is 13.8 Å². The Hall–Kier alpha value is -2.69. The van der Waals surface area contributed by atoms with E-state index in [4.69, 9.17) is 0 Å². The summed E-state index contributed by atoms with van der Waals surface area (Å²) < 4.78 is 0. The molecule has 2 heterocycles. The molecule has 0 saturated carbocycles. The van der Waals surface area contributed by atoms with E-state index in [-0.39, 0.29) is 18.9 Å². The largest absolute Gasteiger partial charge is 0.481 e. The van der Waals surface area contributed by atoms with E-state index >= 15 is 0 Å². The number of carboxylic acid groups (broad SMARTS) is 2. The van der Waals surface area contributed by atoms with Crippen molar-refractivity contribution in [3.05, 3.63) is 0 Å². The van der Waals surface area contributed by atoms with Crippen LogP contribution < -0.4 is 16.0 Å². The second-order valence-corrected chi connectivity index (χ2v) is 8.53. The third kappa shape index (κ3) is 6.91. The van der Waals surface area contributed by atoms with Gasteiger partial charge >= 0.3 is 11.9 Å². The van der Waals surface area contributed by atoms with Crippen molar-refractivity contribution in [2.24, 2.45) is 5.92 Å². The molecule has 174 valence electrons. The molecular formula is C20H32N4O7. The lowest BCUT2D eigenvalue weighted by Crippen LogP contribution is -2.57. The van der Waals surface area contributed by atoms with Crippen LogP contribution in [-0.2, 0) is 24.0 Å². The lowest BCUT2D eigenvalue weighted by Gasteiger charge is -2.29. The van der Waals surface area contributed by atoms with E-state index < -0.39 is 60.2 Å². The fourth-order valence-corrected chi connectivity index (χ4v) is 4.02. The van der Waals surface area contributed by atoms with Gasteiger partial charge in [-0.25, -0.2) is 4.79 Å². The summed E-state index contributed by atoms with van der Waals surface area (Å²) in [4.78, 5) is 62.2. The molecule has 0 aromatic rings. The average Bonchev–Trinajstić information content (AvgIpc) is 3.37. The first-order valence-corrected chi connectivity index (χ1v) is 10.7. The van der Waals surface area contributed by atoms with Gasteiger partial charge in [0.25, 0.3) is 0 Å². The molecule has 2 rings (SSSR count). The van der Waals surface area contributed by atoms with E-state index in [2.05, 4.69) is 16.0 Å². The summed E-state index contributed by atoms with van der Waals surface area (Å²) in [5, 5.41) is 26.6. The quantitative estimate of drug-likeness (QED) is 0.298. The van der Waals surface area contributed by atoms with Gasteiger partial charge in [0.05, 0.1) is 12.5 Å². The predicted octanol–water partition coefficient (Wildman–Crippen LogP) is -0.696. The van der Waals surface area contributed by atoms with Crippen LogP contribution in [0.4, 0.5) is 0 Å². The van der Waals surface area contributed by atoms with Gasteiger partial charge in [-0.2, -0.15) is 0 Å². The van der Waals surface area contributed by atoms with E-state index in [1.54, 1.807) is 0 Å². The lowest BCUT2D eigenvalue weighted by atomic mass is 10.0. The van der Waals surface area contributed by atoms with Gasteiger partial charge in [0.15, 0.2) is 0 Å². The average molecular weight is 440 g/mol. The molecule has 5 N–H and O–H groups in total. The second kappa shape index (κ2) is 11.1. The van der Waals surface area contributed by atoms with Crippen molar-refractivity contribution < 1.29 is 34.2 Å². The molecule has 0 aromatic heterocycles. The first-order valence-electron chi connectivity index (χ1n) is 10.7. The topological polar surface area (TPSA) is 165 Å². The molecular weight excluding hydrogens is 408 g/mol. The third-order valence-corrected chi connectivity index (χ3v) is 5.53. The van der Waals surface area contributed by atoms with E-state index in [9.17, 15) is 34.2 Å². The summed E-state index contributed by atoms with van der Waals surface area (Å²) in [7, 11) is 0. The summed E-state index contributed by atoms with van der Waals surface area (Å²) in [5.41, 5.74) is 0. The highest BCUT2D eigenvalue weighted by Crippen LogP contribution is 2.20. The molecule has 3 amide bonds. The minimum atomic E-state index is -1.34. The van der Waals surface area contributed by atoms with Crippen molar-refractivity contribution in [3.8, 4) is 0 Å². The van der Waals surface area contributed by atoms with Crippen molar-refractivity contribution >= 4 is 29.7 Å². The van der Waals surface area contributed by atoms with Crippen LogP contribution in [0.5, 0.6) is 0 Å². The fraction of sp³-hybridized carbons (Fsp3) is 0.750. The third-order valence-electron chi connectivity index (χ3n) is 5.53. The van der Waals surface area contributed by atoms with Crippen LogP contribution in [-0.4, -0.2) is 82.0 Å². The van der Waals surface area contributed by atoms with Gasteiger partial charge in [0.1, 0.15) is 18.1 Å². The molecule has 0 radical (unpaired) electrons. The van der Waals surface area contributed by atoms with E-state index in [1.165, 1.54) is 4.90 Å². The molecule has 0 aromatic carbocycles. The van der Waals surface area contributed by atoms with Crippen LogP contribution in [0.15, 0.2) is 0 Å². The van der Waals surface area contributed by atoms with Crippen LogP contribution in [0, 0.1) is 5.92 Å². The number of hydrogen-bond donors (Lipinski definition) is 5. The van der Waals surface area contributed by atoms with Gasteiger partial charge in [-0.15, -0.1) is 0 Å². The van der Waals surface area contributed by atoms with Crippen LogP contribution in [0.25, 0.3) is 0 Å². The molecule has 31 heavy (non-hydrogen) atoms. The normalized spacial score (nSPS) is 22.7. The first-order chi connectivity index (χ1) is 14.6. The summed E-state index contributed by atoms with van der Waals surface area (Å²) >= 11 is 0. The molecule has 2 aliphatic rings. The van der Waals surface area contributed by atoms with E-state index in [0.29, 0.717) is 25.8 Å². The molecule has 4 atom stereocenters. The Balaban J connectivity index is 2.12. The highest BCUT2D eigenvalue weighted by atomic mass is 16.4. The van der Waals surface area contributed by atoms with Crippen molar-refractivity contribution in [1.82, 2.24) is 20.9 Å². The minimum Gasteiger partial charge on any atom is -0.481 e. The summed E-state index contributed by atoms with van der Waals surface area (Å²) in [6.45, 7) is 4.66. The first kappa shape index (κ1) is 24.6. The zero-order valence-electron chi connectivity index (χ0n) is 17.9. The summed E-state index contributed by atoms with van der Waals surface area (Å²) in [5.74, 6) is -4.10. The molecule has 0 spiro atoms. The van der Waals surface area contributed by atoms with Gasteiger partial charge in [0.2, 0.25) is 17.7 Å². The van der Waals surface area contributed by atoms with Crippen molar-refractivity contribution in [1.29, 1.82) is 0 Å². The Kier molecular flexibility index (Phi) is 8.78. The Bertz CT molecular complexity index is 706. The molecule has 11 nitrogen and oxygen atoms in total. The number of carbonyl (C=O) groups excluding carboxylic acids is 3. The summed E-state index contributed by atoms with van der Waals surface area (Å²) in [6.07, 6.45) is 1.92. The highest BCUT2D eigenvalue weighted by molar-refractivity contribution is 5.95. The molecule has 0 aliphatic carbocycles. The Morgan fingerprint density at radius 1 is 1.03 bits per heavy atom. The monoisotopic (exact) mass is 440 g/mol. The predicted molar refractivity (Wildman–Crippen MR) is 109 cm³/mol. The minimum absolute atomic E-state index is 0.00957. The van der Waals surface area contributed by atoms with E-state index in [0.717, 1.165) is 6.42 Å². The maximum absolute atomic E-state index is 13.0. The molecule has 2 aliphatic heterocycles.